The molecule has 1 aliphatic rings. The Bertz CT molecular complexity index is 1340. The van der Waals surface area contributed by atoms with Crippen LogP contribution in [0.4, 0.5) is 0 Å². The average molecular weight is 486 g/mol. The number of fused-ring (bicyclic) bond motifs is 1. The number of rotatable bonds is 7. The number of carbonyl (C=O) groups is 1. The SMILES string of the molecule is CCc1ccc[s+]1-c1cc(C)c(OCC(=O)OC2(c3ccc4ccccc4c3)CCCC2)c(C)c1. The van der Waals surface area contributed by atoms with Crippen molar-refractivity contribution < 1.29 is 14.3 Å². The molecule has 1 aliphatic carbocycles. The molecule has 1 atom stereocenters. The monoisotopic (exact) mass is 485 g/mol. The van der Waals surface area contributed by atoms with E-state index >= 15 is 0 Å². The van der Waals surface area contributed by atoms with Gasteiger partial charge in [-0.2, -0.15) is 0 Å². The lowest BCUT2D eigenvalue weighted by atomic mass is 9.90. The van der Waals surface area contributed by atoms with E-state index < -0.39 is 5.60 Å². The Kier molecular flexibility index (Phi) is 6.66. The zero-order valence-electron chi connectivity index (χ0n) is 20.8. The molecule has 3 aromatic carbocycles. The summed E-state index contributed by atoms with van der Waals surface area (Å²) in [5, 5.41) is 4.65. The highest BCUT2D eigenvalue weighted by Crippen LogP contribution is 2.43. The van der Waals surface area contributed by atoms with Crippen LogP contribution in [0.2, 0.25) is 0 Å². The smallest absolute Gasteiger partial charge is 0.345 e. The minimum Gasteiger partial charge on any atom is -0.481 e. The number of hydrogen-bond donors (Lipinski definition) is 0. The van der Waals surface area contributed by atoms with E-state index in [1.54, 1.807) is 0 Å². The molecule has 4 heteroatoms. The number of benzene rings is 3. The van der Waals surface area contributed by atoms with Crippen molar-refractivity contribution in [2.24, 2.45) is 0 Å². The van der Waals surface area contributed by atoms with Crippen molar-refractivity contribution >= 4 is 27.2 Å². The molecule has 0 spiro atoms. The van der Waals surface area contributed by atoms with E-state index in [-0.39, 0.29) is 23.0 Å². The lowest BCUT2D eigenvalue weighted by molar-refractivity contribution is -0.163. The number of ether oxygens (including phenoxy) is 2. The Balaban J connectivity index is 1.32. The third-order valence-electron chi connectivity index (χ3n) is 7.15. The van der Waals surface area contributed by atoms with E-state index in [2.05, 4.69) is 80.7 Å². The van der Waals surface area contributed by atoms with Gasteiger partial charge in [-0.15, -0.1) is 0 Å². The molecule has 1 aromatic heterocycles. The van der Waals surface area contributed by atoms with Crippen LogP contribution in [-0.2, 0) is 21.6 Å². The first-order chi connectivity index (χ1) is 17.0. The normalized spacial score (nSPS) is 15.3. The van der Waals surface area contributed by atoms with Crippen molar-refractivity contribution in [2.45, 2.75) is 58.5 Å². The van der Waals surface area contributed by atoms with E-state index in [1.807, 2.05) is 12.1 Å². The zero-order valence-corrected chi connectivity index (χ0v) is 21.6. The largest absolute Gasteiger partial charge is 0.481 e. The quantitative estimate of drug-likeness (QED) is 0.196. The van der Waals surface area contributed by atoms with Gasteiger partial charge >= 0.3 is 5.97 Å². The molecule has 0 aliphatic heterocycles. The number of thiophene rings is 1. The predicted octanol–water partition coefficient (Wildman–Crippen LogP) is 8.15. The molecule has 0 bridgehead atoms. The first kappa shape index (κ1) is 23.6. The summed E-state index contributed by atoms with van der Waals surface area (Å²) in [6.07, 6.45) is 4.88. The summed E-state index contributed by atoms with van der Waals surface area (Å²) in [6.45, 7) is 6.24. The van der Waals surface area contributed by atoms with E-state index in [4.69, 9.17) is 9.47 Å². The standard InChI is InChI=1S/C31H33O3S/c1-4-27-12-9-17-35(27)28-18-22(2)30(23(3)19-28)33-21-29(32)34-31(15-7-8-16-31)26-14-13-24-10-5-6-11-25(24)20-26/h5-6,9-14,17-20H,4,7-8,15-16,21H2,1-3H3/q+1. The molecule has 180 valence electrons. The maximum absolute atomic E-state index is 13.0. The first-order valence-electron chi connectivity index (χ1n) is 12.5. The van der Waals surface area contributed by atoms with Gasteiger partial charge in [-0.05, 0) is 85.2 Å². The zero-order chi connectivity index (χ0) is 24.4. The van der Waals surface area contributed by atoms with E-state index in [1.165, 1.54) is 20.5 Å². The molecule has 1 fully saturated rings. The molecule has 0 N–H and O–H groups in total. The fourth-order valence-electron chi connectivity index (χ4n) is 5.40. The molecular weight excluding hydrogens is 452 g/mol. The first-order valence-corrected chi connectivity index (χ1v) is 13.8. The van der Waals surface area contributed by atoms with Crippen LogP contribution in [0.5, 0.6) is 5.75 Å². The van der Waals surface area contributed by atoms with Gasteiger partial charge in [0.15, 0.2) is 16.4 Å². The van der Waals surface area contributed by atoms with Crippen LogP contribution in [0, 0.1) is 13.8 Å². The predicted molar refractivity (Wildman–Crippen MR) is 145 cm³/mol. The molecule has 1 saturated carbocycles. The van der Waals surface area contributed by atoms with E-state index in [9.17, 15) is 4.79 Å². The van der Waals surface area contributed by atoms with Crippen molar-refractivity contribution in [1.29, 1.82) is 0 Å². The summed E-state index contributed by atoms with van der Waals surface area (Å²) >= 11 is 0. The van der Waals surface area contributed by atoms with Crippen LogP contribution in [0.1, 0.15) is 54.2 Å². The number of hydrogen-bond acceptors (Lipinski definition) is 3. The van der Waals surface area contributed by atoms with E-state index in [0.29, 0.717) is 0 Å². The molecule has 4 aromatic rings. The van der Waals surface area contributed by atoms with Crippen LogP contribution < -0.4 is 4.74 Å². The molecular formula is C31H33O3S+. The third kappa shape index (κ3) is 4.72. The highest BCUT2D eigenvalue weighted by Gasteiger charge is 2.39. The molecule has 3 nitrogen and oxygen atoms in total. The Morgan fingerprint density at radius 2 is 1.63 bits per heavy atom. The molecule has 1 unspecified atom stereocenters. The van der Waals surface area contributed by atoms with Crippen LogP contribution in [0.15, 0.2) is 72.1 Å². The van der Waals surface area contributed by atoms with Crippen LogP contribution in [0.25, 0.3) is 15.7 Å². The van der Waals surface area contributed by atoms with Gasteiger partial charge in [0.25, 0.3) is 0 Å². The van der Waals surface area contributed by atoms with Crippen molar-refractivity contribution in [3.8, 4) is 10.6 Å². The lowest BCUT2D eigenvalue weighted by Crippen LogP contribution is -2.32. The fourth-order valence-corrected chi connectivity index (χ4v) is 7.42. The second-order valence-electron chi connectivity index (χ2n) is 9.57. The summed E-state index contributed by atoms with van der Waals surface area (Å²) in [5.41, 5.74) is 2.64. The summed E-state index contributed by atoms with van der Waals surface area (Å²) in [4.78, 5) is 15.8. The van der Waals surface area contributed by atoms with Gasteiger partial charge in [0.1, 0.15) is 16.7 Å². The fraction of sp³-hybridized carbons (Fsp3) is 0.323. The van der Waals surface area contributed by atoms with Gasteiger partial charge in [0.05, 0.1) is 0 Å². The number of esters is 1. The van der Waals surface area contributed by atoms with Crippen LogP contribution in [-0.4, -0.2) is 12.6 Å². The summed E-state index contributed by atoms with van der Waals surface area (Å²) in [5.74, 6) is 0.477. The van der Waals surface area contributed by atoms with Crippen LogP contribution in [0.3, 0.4) is 0 Å². The number of carbonyl (C=O) groups excluding carboxylic acids is 1. The van der Waals surface area contributed by atoms with Gasteiger partial charge in [0, 0.05) is 29.0 Å². The maximum atomic E-state index is 13.0. The van der Waals surface area contributed by atoms with Crippen molar-refractivity contribution in [2.75, 3.05) is 6.61 Å². The molecule has 0 saturated heterocycles. The van der Waals surface area contributed by atoms with Crippen molar-refractivity contribution in [3.05, 3.63) is 93.7 Å². The Morgan fingerprint density at radius 3 is 2.34 bits per heavy atom. The highest BCUT2D eigenvalue weighted by molar-refractivity contribution is 7.38. The summed E-state index contributed by atoms with van der Waals surface area (Å²) < 4.78 is 12.2. The minimum absolute atomic E-state index is 0.0229. The van der Waals surface area contributed by atoms with Gasteiger partial charge in [-0.25, -0.2) is 4.79 Å². The molecule has 5 rings (SSSR count). The molecule has 1 heterocycles. The Hall–Kier alpha value is -3.11. The highest BCUT2D eigenvalue weighted by atomic mass is 32.2. The molecule has 0 amide bonds. The van der Waals surface area contributed by atoms with Gasteiger partial charge in [-0.3, -0.25) is 0 Å². The van der Waals surface area contributed by atoms with Gasteiger partial charge in [0.2, 0.25) is 0 Å². The van der Waals surface area contributed by atoms with Crippen molar-refractivity contribution in [3.63, 3.8) is 0 Å². The lowest BCUT2D eigenvalue weighted by Gasteiger charge is -2.30. The van der Waals surface area contributed by atoms with Gasteiger partial charge < -0.3 is 9.47 Å². The molecule has 35 heavy (non-hydrogen) atoms. The van der Waals surface area contributed by atoms with E-state index in [0.717, 1.165) is 54.5 Å². The summed E-state index contributed by atoms with van der Waals surface area (Å²) in [7, 11) is 0.0229. The van der Waals surface area contributed by atoms with Crippen molar-refractivity contribution in [1.82, 2.24) is 0 Å². The summed E-state index contributed by atoms with van der Waals surface area (Å²) in [6, 6.07) is 23.5. The van der Waals surface area contributed by atoms with Gasteiger partial charge in [-0.1, -0.05) is 43.3 Å². The Labute approximate surface area is 210 Å². The Morgan fingerprint density at radius 1 is 0.914 bits per heavy atom. The minimum atomic E-state index is -0.558. The topological polar surface area (TPSA) is 35.5 Å². The average Bonchev–Trinajstić information content (AvgIpc) is 3.53. The molecule has 0 radical (unpaired) electrons. The number of aryl methyl sites for hydroxylation is 3. The third-order valence-corrected chi connectivity index (χ3v) is 9.31. The maximum Gasteiger partial charge on any atom is 0.345 e. The second-order valence-corrected chi connectivity index (χ2v) is 11.5. The second kappa shape index (κ2) is 9.87. The van der Waals surface area contributed by atoms with Crippen LogP contribution >= 0.6 is 10.5 Å².